The topological polar surface area (TPSA) is 120 Å². The second-order valence-corrected chi connectivity index (χ2v) is 7.08. The summed E-state index contributed by atoms with van der Waals surface area (Å²) in [6.45, 7) is 0.759. The Kier molecular flexibility index (Phi) is 7.80. The van der Waals surface area contributed by atoms with Crippen LogP contribution in [0.1, 0.15) is 16.7 Å². The number of rotatable bonds is 5. The van der Waals surface area contributed by atoms with Gasteiger partial charge in [-0.3, -0.25) is 9.89 Å². The number of amides is 1. The van der Waals surface area contributed by atoms with E-state index in [2.05, 4.69) is 38.3 Å². The van der Waals surface area contributed by atoms with Gasteiger partial charge < -0.3 is 21.1 Å². The number of carbonyl (C=O) groups excluding carboxylic acids is 1. The fourth-order valence-corrected chi connectivity index (χ4v) is 3.17. The van der Waals surface area contributed by atoms with Crippen LogP contribution in [0, 0.1) is 0 Å². The highest BCUT2D eigenvalue weighted by molar-refractivity contribution is 6.01. The molecule has 3 aromatic rings. The van der Waals surface area contributed by atoms with Crippen LogP contribution in [-0.4, -0.2) is 39.5 Å². The molecule has 2 heterocycles. The second kappa shape index (κ2) is 11.2. The number of nitrogens with one attached hydrogen (secondary N) is 2. The third kappa shape index (κ3) is 6.33. The minimum atomic E-state index is 0.250. The summed E-state index contributed by atoms with van der Waals surface area (Å²) >= 11 is 0. The van der Waals surface area contributed by atoms with Crippen molar-refractivity contribution in [3.05, 3.63) is 102 Å². The lowest BCUT2D eigenvalue weighted by Gasteiger charge is -2.24. The number of hydrogen-bond acceptors (Lipinski definition) is 6. The molecule has 8 nitrogen and oxygen atoms in total. The minimum absolute atomic E-state index is 0.250. The van der Waals surface area contributed by atoms with E-state index in [1.54, 1.807) is 18.3 Å². The molecular formula is C24H26N6O2. The van der Waals surface area contributed by atoms with Gasteiger partial charge in [0, 0.05) is 31.4 Å². The predicted octanol–water partition coefficient (Wildman–Crippen LogP) is 2.78. The first-order chi connectivity index (χ1) is 15.6. The lowest BCUT2D eigenvalue weighted by Crippen LogP contribution is -2.30. The predicted molar refractivity (Wildman–Crippen MR) is 125 cm³/mol. The Hall–Kier alpha value is -4.33. The maximum absolute atomic E-state index is 9.68. The number of aromatic nitrogens is 2. The molecule has 0 atom stereocenters. The van der Waals surface area contributed by atoms with E-state index in [4.69, 9.17) is 9.79 Å². The van der Waals surface area contributed by atoms with Crippen molar-refractivity contribution >= 4 is 17.9 Å². The highest BCUT2D eigenvalue weighted by Gasteiger charge is 2.16. The van der Waals surface area contributed by atoms with Crippen LogP contribution in [0.25, 0.3) is 5.70 Å². The van der Waals surface area contributed by atoms with Crippen molar-refractivity contribution in [1.82, 2.24) is 20.4 Å². The van der Waals surface area contributed by atoms with Gasteiger partial charge >= 0.3 is 0 Å². The van der Waals surface area contributed by atoms with Gasteiger partial charge in [0.2, 0.25) is 6.41 Å². The average molecular weight is 431 g/mol. The van der Waals surface area contributed by atoms with E-state index in [0.717, 1.165) is 35.0 Å². The van der Waals surface area contributed by atoms with Crippen molar-refractivity contribution in [2.24, 2.45) is 10.7 Å². The molecule has 0 aliphatic carbocycles. The van der Waals surface area contributed by atoms with Gasteiger partial charge in [0.15, 0.2) is 0 Å². The number of aromatic amines is 1. The Labute approximate surface area is 186 Å². The first-order valence-corrected chi connectivity index (χ1v) is 10.0. The molecule has 5 N–H and O–H groups in total. The van der Waals surface area contributed by atoms with Crippen molar-refractivity contribution in [2.45, 2.75) is 13.0 Å². The number of nitrogens with zero attached hydrogens (tertiary/aromatic N) is 3. The van der Waals surface area contributed by atoms with Gasteiger partial charge in [-0.05, 0) is 35.8 Å². The summed E-state index contributed by atoms with van der Waals surface area (Å²) < 4.78 is 0. The van der Waals surface area contributed by atoms with Gasteiger partial charge in [0.1, 0.15) is 17.4 Å². The number of benzene rings is 2. The molecule has 0 bridgehead atoms. The number of hydrogen-bond donors (Lipinski definition) is 4. The number of carbonyl (C=O) groups is 1. The van der Waals surface area contributed by atoms with Gasteiger partial charge in [0.05, 0.1) is 11.9 Å². The smallest absolute Gasteiger partial charge is 0.204 e. The van der Waals surface area contributed by atoms with Crippen LogP contribution in [0.4, 0.5) is 0 Å². The fourth-order valence-electron chi connectivity index (χ4n) is 3.17. The lowest BCUT2D eigenvalue weighted by molar-refractivity contribution is -0.106. The minimum Gasteiger partial charge on any atom is -0.508 e. The van der Waals surface area contributed by atoms with Crippen molar-refractivity contribution in [3.63, 3.8) is 0 Å². The number of primary amides is 1. The summed E-state index contributed by atoms with van der Waals surface area (Å²) in [4.78, 5) is 15.5. The zero-order valence-corrected chi connectivity index (χ0v) is 17.8. The summed E-state index contributed by atoms with van der Waals surface area (Å²) in [5.41, 5.74) is 8.31. The van der Waals surface area contributed by atoms with Crippen LogP contribution in [0.15, 0.2) is 90.0 Å². The highest BCUT2D eigenvalue weighted by Crippen LogP contribution is 2.19. The van der Waals surface area contributed by atoms with E-state index in [9.17, 15) is 5.11 Å². The van der Waals surface area contributed by atoms with Crippen LogP contribution < -0.4 is 11.1 Å². The number of phenols is 1. The quantitative estimate of drug-likeness (QED) is 0.464. The van der Waals surface area contributed by atoms with E-state index >= 15 is 0 Å². The Bertz CT molecular complexity index is 1100. The Morgan fingerprint density at radius 1 is 1.12 bits per heavy atom. The van der Waals surface area contributed by atoms with Gasteiger partial charge in [0.25, 0.3) is 0 Å². The third-order valence-corrected chi connectivity index (χ3v) is 4.68. The lowest BCUT2D eigenvalue weighted by atomic mass is 10.1. The molecule has 1 aromatic heterocycles. The van der Waals surface area contributed by atoms with Crippen LogP contribution in [-0.2, 0) is 17.8 Å². The number of H-pyrrole nitrogens is 1. The van der Waals surface area contributed by atoms with Crippen molar-refractivity contribution in [1.29, 1.82) is 0 Å². The number of phenolic OH excluding ortho intramolecular Hbond substituents is 1. The number of aliphatic imine (C=N–C) groups is 1. The van der Waals surface area contributed by atoms with Gasteiger partial charge in [-0.15, -0.1) is 0 Å². The van der Waals surface area contributed by atoms with Gasteiger partial charge in [-0.1, -0.05) is 42.5 Å². The molecule has 0 radical (unpaired) electrons. The van der Waals surface area contributed by atoms with Crippen molar-refractivity contribution in [3.8, 4) is 5.75 Å². The zero-order chi connectivity index (χ0) is 22.8. The van der Waals surface area contributed by atoms with E-state index in [1.165, 1.54) is 5.56 Å². The van der Waals surface area contributed by atoms with Crippen LogP contribution >= 0.6 is 0 Å². The molecule has 8 heteroatoms. The van der Waals surface area contributed by atoms with E-state index in [-0.39, 0.29) is 12.2 Å². The normalized spacial score (nSPS) is 13.8. The van der Waals surface area contributed by atoms with Crippen LogP contribution in [0.3, 0.4) is 0 Å². The summed E-state index contributed by atoms with van der Waals surface area (Å²) in [5.74, 6) is 1.90. The molecule has 0 unspecified atom stereocenters. The van der Waals surface area contributed by atoms with E-state index in [1.807, 2.05) is 55.7 Å². The van der Waals surface area contributed by atoms with E-state index < -0.39 is 0 Å². The number of aromatic hydroxyl groups is 1. The molecule has 0 saturated heterocycles. The summed E-state index contributed by atoms with van der Waals surface area (Å²) in [5, 5.41) is 20.0. The largest absolute Gasteiger partial charge is 0.508 e. The maximum atomic E-state index is 9.68. The molecule has 0 fully saturated rings. The molecule has 1 amide bonds. The first kappa shape index (κ1) is 22.4. The second-order valence-electron chi connectivity index (χ2n) is 7.08. The Morgan fingerprint density at radius 2 is 1.88 bits per heavy atom. The van der Waals surface area contributed by atoms with Crippen LogP contribution in [0.5, 0.6) is 5.75 Å². The molecular weight excluding hydrogens is 404 g/mol. The molecule has 0 spiro atoms. The summed E-state index contributed by atoms with van der Waals surface area (Å²) in [7, 11) is 2.04. The third-order valence-electron chi connectivity index (χ3n) is 4.68. The van der Waals surface area contributed by atoms with Gasteiger partial charge in [-0.25, -0.2) is 4.99 Å². The Balaban J connectivity index is 0.000000913. The fraction of sp³-hybridized carbons (Fsp3) is 0.125. The number of nitrogens with two attached hydrogens (primary N) is 1. The Morgan fingerprint density at radius 3 is 2.56 bits per heavy atom. The van der Waals surface area contributed by atoms with Crippen molar-refractivity contribution in [2.75, 3.05) is 7.05 Å². The molecule has 1 aliphatic rings. The molecule has 32 heavy (non-hydrogen) atoms. The molecule has 1 aliphatic heterocycles. The maximum Gasteiger partial charge on any atom is 0.204 e. The molecule has 0 saturated carbocycles. The number of likely N-dealkylation sites (N-methyl/N-ethyl adjacent to an activating group) is 1. The standard InChI is InChI=1S/C23H23N5O.CH3NO/c1-28(16-18-6-3-2-4-7-18)23-13-21(19-14-24-25-15-19)26-22(27-23)11-10-17-8-5-9-20(29)12-17;2-1-3/h2-9,11-15,26,29H,10,16H2,1H3,(H,24,25);1H,(H2,2,3)/b22-11+;. The average Bonchev–Trinajstić information content (AvgIpc) is 3.34. The molecule has 164 valence electrons. The number of amidine groups is 1. The first-order valence-electron chi connectivity index (χ1n) is 10.0. The van der Waals surface area contributed by atoms with E-state index in [0.29, 0.717) is 6.42 Å². The number of allylic oxidation sites excluding steroid dienone is 1. The molecule has 2 aromatic carbocycles. The SMILES string of the molecule is CN(Cc1ccccc1)C1=N/C(=C/Cc2cccc(O)c2)NC(c2cn[nH]c2)=C1.NC=O. The molecule has 4 rings (SSSR count). The monoisotopic (exact) mass is 430 g/mol. The summed E-state index contributed by atoms with van der Waals surface area (Å²) in [6.07, 6.45) is 8.60. The highest BCUT2D eigenvalue weighted by atomic mass is 16.3. The van der Waals surface area contributed by atoms with Gasteiger partial charge in [-0.2, -0.15) is 5.10 Å². The van der Waals surface area contributed by atoms with Crippen molar-refractivity contribution < 1.29 is 9.90 Å². The van der Waals surface area contributed by atoms with Crippen LogP contribution in [0.2, 0.25) is 0 Å². The summed E-state index contributed by atoms with van der Waals surface area (Å²) in [6, 6.07) is 17.6. The zero-order valence-electron chi connectivity index (χ0n) is 17.8.